The Bertz CT molecular complexity index is 2300. The maximum atomic E-state index is 14.3. The highest BCUT2D eigenvalue weighted by Gasteiger charge is 2.47. The molecule has 16 heteroatoms. The fourth-order valence-electron chi connectivity index (χ4n) is 10.9. The van der Waals surface area contributed by atoms with Gasteiger partial charge in [0.15, 0.2) is 0 Å². The maximum absolute atomic E-state index is 14.3. The molecule has 4 aromatic rings. The molecule has 10 atom stereocenters. The van der Waals surface area contributed by atoms with Crippen molar-refractivity contribution in [3.63, 3.8) is 0 Å². The summed E-state index contributed by atoms with van der Waals surface area (Å²) >= 11 is 0. The normalized spacial score (nSPS) is 28.5. The highest BCUT2D eigenvalue weighted by molar-refractivity contribution is 5.88. The quantitative estimate of drug-likeness (QED) is 0.0837. The van der Waals surface area contributed by atoms with Crippen molar-refractivity contribution in [1.82, 2.24) is 40.4 Å². The van der Waals surface area contributed by atoms with E-state index in [-0.39, 0.29) is 48.1 Å². The smallest absolute Gasteiger partial charge is 0.405 e. The van der Waals surface area contributed by atoms with Crippen molar-refractivity contribution in [2.75, 3.05) is 0 Å². The number of rotatable bonds is 11. The van der Waals surface area contributed by atoms with E-state index in [4.69, 9.17) is 32.3 Å². The Morgan fingerprint density at radius 1 is 0.606 bits per heavy atom. The number of nitrogens with zero attached hydrogens (tertiary/aromatic N) is 4. The second-order valence-corrected chi connectivity index (χ2v) is 18.4. The van der Waals surface area contributed by atoms with Crippen LogP contribution in [-0.4, -0.2) is 113 Å². The van der Waals surface area contributed by atoms with Crippen molar-refractivity contribution in [2.45, 2.75) is 140 Å². The first kappa shape index (κ1) is 45.9. The lowest BCUT2D eigenvalue weighted by molar-refractivity contribution is -0.140. The summed E-state index contributed by atoms with van der Waals surface area (Å²) in [4.78, 5) is 72.0. The molecule has 4 amide bonds. The molecular formula is C50H58N8O8. The van der Waals surface area contributed by atoms with Gasteiger partial charge < -0.3 is 50.1 Å². The van der Waals surface area contributed by atoms with Crippen molar-refractivity contribution >= 4 is 24.0 Å². The average molecular weight is 899 g/mol. The lowest BCUT2D eigenvalue weighted by Crippen LogP contribution is -2.55. The minimum Gasteiger partial charge on any atom is -0.465 e. The average Bonchev–Trinajstić information content (AvgIpc) is 4.12. The molecular weight excluding hydrogens is 841 g/mol. The van der Waals surface area contributed by atoms with Crippen LogP contribution in [0.1, 0.15) is 103 Å². The van der Waals surface area contributed by atoms with Gasteiger partial charge in [0.1, 0.15) is 23.7 Å². The number of hydrogen-bond donors (Lipinski definition) is 6. The van der Waals surface area contributed by atoms with E-state index in [0.717, 1.165) is 33.6 Å². The van der Waals surface area contributed by atoms with Crippen LogP contribution in [0.4, 0.5) is 9.59 Å². The topological polar surface area (TPSA) is 215 Å². The van der Waals surface area contributed by atoms with Gasteiger partial charge in [0, 0.05) is 0 Å². The molecule has 6 N–H and O–H groups in total. The van der Waals surface area contributed by atoms with Crippen LogP contribution in [0, 0.1) is 36.5 Å². The number of ether oxygens (including phenoxy) is 2. The Balaban J connectivity index is 0.950. The number of carboxylic acid groups (broad SMARTS) is 2. The summed E-state index contributed by atoms with van der Waals surface area (Å²) in [6.45, 7) is 7.74. The first-order valence-corrected chi connectivity index (χ1v) is 22.9. The summed E-state index contributed by atoms with van der Waals surface area (Å²) < 4.78 is 11.8. The van der Waals surface area contributed by atoms with E-state index in [1.807, 2.05) is 76.2 Å². The number of likely N-dealkylation sites (tertiary alicyclic amines) is 2. The maximum Gasteiger partial charge on any atom is 0.405 e. The van der Waals surface area contributed by atoms with Gasteiger partial charge in [-0.25, -0.2) is 19.6 Å². The fraction of sp³-hybridized carbons (Fsp3) is 0.480. The molecule has 0 bridgehead atoms. The number of imidazole rings is 2. The van der Waals surface area contributed by atoms with Crippen LogP contribution < -0.4 is 10.6 Å². The number of hydrogen-bond acceptors (Lipinski definition) is 8. The third kappa shape index (κ3) is 9.66. The number of aromatic amines is 2. The Hall–Kier alpha value is -6.62. The van der Waals surface area contributed by atoms with Crippen molar-refractivity contribution < 1.29 is 38.9 Å². The van der Waals surface area contributed by atoms with Gasteiger partial charge >= 0.3 is 12.2 Å². The van der Waals surface area contributed by atoms with Crippen molar-refractivity contribution in [2.24, 2.45) is 11.8 Å². The third-order valence-electron chi connectivity index (χ3n) is 13.7. The molecule has 4 saturated heterocycles. The second kappa shape index (κ2) is 19.5. The van der Waals surface area contributed by atoms with Crippen LogP contribution in [0.2, 0.25) is 0 Å². The number of amides is 4. The van der Waals surface area contributed by atoms with E-state index < -0.39 is 48.4 Å². The number of carbonyl (C=O) groups excluding carboxylic acids is 2. The molecule has 0 saturated carbocycles. The zero-order valence-corrected chi connectivity index (χ0v) is 37.6. The molecule has 346 valence electrons. The highest BCUT2D eigenvalue weighted by Crippen LogP contribution is 2.40. The molecule has 0 aliphatic carbocycles. The Morgan fingerprint density at radius 3 is 1.26 bits per heavy atom. The largest absolute Gasteiger partial charge is 0.465 e. The van der Waals surface area contributed by atoms with Gasteiger partial charge in [-0.15, -0.1) is 12.8 Å². The number of nitrogens with one attached hydrogen (secondary N) is 4. The fourth-order valence-corrected chi connectivity index (χ4v) is 10.9. The molecule has 16 nitrogen and oxygen atoms in total. The third-order valence-corrected chi connectivity index (χ3v) is 13.7. The summed E-state index contributed by atoms with van der Waals surface area (Å²) in [6, 6.07) is 12.3. The lowest BCUT2D eigenvalue weighted by atomic mass is 9.85. The summed E-state index contributed by atoms with van der Waals surface area (Å²) in [5.41, 5.74) is 5.31. The van der Waals surface area contributed by atoms with E-state index >= 15 is 0 Å². The molecule has 2 aromatic carbocycles. The molecule has 0 spiro atoms. The molecule has 8 rings (SSSR count). The van der Waals surface area contributed by atoms with Crippen LogP contribution >= 0.6 is 0 Å². The van der Waals surface area contributed by atoms with E-state index in [1.54, 1.807) is 22.2 Å². The molecule has 4 fully saturated rings. The van der Waals surface area contributed by atoms with E-state index in [9.17, 15) is 29.4 Å². The predicted molar refractivity (Wildman–Crippen MR) is 245 cm³/mol. The summed E-state index contributed by atoms with van der Waals surface area (Å²) in [6.07, 6.45) is 16.9. The van der Waals surface area contributed by atoms with Crippen LogP contribution in [-0.2, 0) is 19.1 Å². The second-order valence-electron chi connectivity index (χ2n) is 18.4. The molecule has 2 aromatic heterocycles. The molecule has 6 heterocycles. The number of aromatic nitrogens is 4. The standard InChI is InChI=1S/C50H58N8O8/c1-7-37-17-19-41(57(37)47(59)43(55-49(61)62)35-21-27(3)65-28(4)22-35)45-51-25-39(53-45)33-13-9-31(10-14-33)32-11-15-34(16-12-32)40-26-52-46(54-40)42-20-18-38(8-2)58(42)48(60)44(56-50(63)64)36-23-29(5)66-30(6)24-36/h1-2,9-16,25-30,35-38,41-44,55-56H,17-24H2,3-6H3,(H,51,53)(H,52,54)(H,61,62)(H,63,64)/t27-,28-,29-,30-,37+,38+,41+,42+,43+,44+/m1/s1. The molecule has 4 aliphatic heterocycles. The minimum atomic E-state index is -1.26. The Kier molecular flexibility index (Phi) is 13.5. The first-order chi connectivity index (χ1) is 31.7. The van der Waals surface area contributed by atoms with Gasteiger partial charge in [-0.3, -0.25) is 9.59 Å². The van der Waals surface area contributed by atoms with Gasteiger partial charge in [-0.1, -0.05) is 60.4 Å². The van der Waals surface area contributed by atoms with Gasteiger partial charge in [-0.05, 0) is 113 Å². The Morgan fingerprint density at radius 2 is 0.939 bits per heavy atom. The van der Waals surface area contributed by atoms with Crippen LogP contribution in [0.15, 0.2) is 60.9 Å². The molecule has 0 unspecified atom stereocenters. The number of benzene rings is 2. The van der Waals surface area contributed by atoms with Gasteiger partial charge in [0.2, 0.25) is 11.8 Å². The van der Waals surface area contributed by atoms with Crippen LogP contribution in [0.5, 0.6) is 0 Å². The van der Waals surface area contributed by atoms with Crippen molar-refractivity contribution in [3.8, 4) is 58.3 Å². The highest BCUT2D eigenvalue weighted by atomic mass is 16.5. The minimum absolute atomic E-state index is 0.113. The zero-order valence-electron chi connectivity index (χ0n) is 37.6. The predicted octanol–water partition coefficient (Wildman–Crippen LogP) is 7.14. The monoisotopic (exact) mass is 898 g/mol. The number of carbonyl (C=O) groups is 4. The van der Waals surface area contributed by atoms with Crippen LogP contribution in [0.25, 0.3) is 33.6 Å². The molecule has 0 radical (unpaired) electrons. The van der Waals surface area contributed by atoms with Gasteiger partial charge in [0.05, 0.1) is 72.4 Å². The first-order valence-electron chi connectivity index (χ1n) is 22.9. The van der Waals surface area contributed by atoms with E-state index in [0.29, 0.717) is 63.0 Å². The van der Waals surface area contributed by atoms with E-state index in [1.165, 1.54) is 0 Å². The Labute approximate surface area is 384 Å². The summed E-state index contributed by atoms with van der Waals surface area (Å²) in [5.74, 6) is 5.49. The SMILES string of the molecule is C#C[C@H]1CC[C@@H](c2ncc(-c3ccc(-c4ccc(-c5cnc([C@@H]6CC[C@H](C#C)N6C(=O)[C@@H](NC(=O)O)C6C[C@@H](C)O[C@H](C)C6)[nH]5)cc4)cc3)[nH]2)N1C(=O)[C@@H](NC(=O)O)C1C[C@@H](C)O[C@H](C)C1. The molecule has 4 aliphatic rings. The van der Waals surface area contributed by atoms with E-state index in [2.05, 4.69) is 32.4 Å². The molecule has 66 heavy (non-hydrogen) atoms. The summed E-state index contributed by atoms with van der Waals surface area (Å²) in [7, 11) is 0. The zero-order chi connectivity index (χ0) is 46.8. The van der Waals surface area contributed by atoms with Crippen molar-refractivity contribution in [1.29, 1.82) is 0 Å². The van der Waals surface area contributed by atoms with Crippen molar-refractivity contribution in [3.05, 3.63) is 72.6 Å². The number of H-pyrrole nitrogens is 2. The lowest BCUT2D eigenvalue weighted by Gasteiger charge is -2.38. The number of terminal acetylenes is 2. The summed E-state index contributed by atoms with van der Waals surface area (Å²) in [5, 5.41) is 24.5. The van der Waals surface area contributed by atoms with Gasteiger partial charge in [-0.2, -0.15) is 0 Å². The van der Waals surface area contributed by atoms with Crippen LogP contribution in [0.3, 0.4) is 0 Å². The van der Waals surface area contributed by atoms with Gasteiger partial charge in [0.25, 0.3) is 0 Å².